The average molecular weight is 360 g/mol. The molecular formula is C17H16N2O3S2. The van der Waals surface area contributed by atoms with E-state index in [2.05, 4.69) is 16.2 Å². The number of nitrogens with zero attached hydrogens (tertiary/aromatic N) is 2. The van der Waals surface area contributed by atoms with Gasteiger partial charge in [-0.05, 0) is 41.8 Å². The van der Waals surface area contributed by atoms with Crippen molar-refractivity contribution in [2.24, 2.45) is 0 Å². The van der Waals surface area contributed by atoms with E-state index in [9.17, 15) is 0 Å². The van der Waals surface area contributed by atoms with Gasteiger partial charge in [-0.15, -0.1) is 23.1 Å². The fourth-order valence-electron chi connectivity index (χ4n) is 2.39. The summed E-state index contributed by atoms with van der Waals surface area (Å²) in [5.41, 5.74) is 0. The van der Waals surface area contributed by atoms with Gasteiger partial charge in [0.05, 0.1) is 4.88 Å². The Bertz CT molecular complexity index is 802. The summed E-state index contributed by atoms with van der Waals surface area (Å²) >= 11 is 3.41. The van der Waals surface area contributed by atoms with Crippen LogP contribution in [0.25, 0.3) is 10.7 Å². The van der Waals surface area contributed by atoms with Crippen molar-refractivity contribution >= 4 is 23.1 Å². The van der Waals surface area contributed by atoms with Crippen molar-refractivity contribution in [2.45, 2.75) is 17.7 Å². The van der Waals surface area contributed by atoms with Gasteiger partial charge in [0.25, 0.3) is 0 Å². The molecule has 0 bridgehead atoms. The number of thioether (sulfide) groups is 1. The molecule has 0 spiro atoms. The second-order valence-electron chi connectivity index (χ2n) is 5.25. The molecule has 5 nitrogen and oxygen atoms in total. The second kappa shape index (κ2) is 7.27. The average Bonchev–Trinajstić information content (AvgIpc) is 3.30. The van der Waals surface area contributed by atoms with Crippen LogP contribution in [0.1, 0.15) is 12.3 Å². The van der Waals surface area contributed by atoms with Crippen LogP contribution in [0.5, 0.6) is 11.5 Å². The van der Waals surface area contributed by atoms with Crippen molar-refractivity contribution in [2.75, 3.05) is 19.0 Å². The van der Waals surface area contributed by atoms with E-state index in [0.29, 0.717) is 24.9 Å². The Balaban J connectivity index is 1.27. The zero-order valence-electron chi connectivity index (χ0n) is 12.9. The first-order chi connectivity index (χ1) is 11.9. The number of ether oxygens (including phenoxy) is 2. The van der Waals surface area contributed by atoms with Crippen LogP contribution in [0.2, 0.25) is 0 Å². The highest BCUT2D eigenvalue weighted by Gasteiger charge is 2.12. The van der Waals surface area contributed by atoms with E-state index in [-0.39, 0.29) is 0 Å². The molecular weight excluding hydrogens is 344 g/mol. The van der Waals surface area contributed by atoms with Gasteiger partial charge in [0, 0.05) is 11.3 Å². The summed E-state index contributed by atoms with van der Waals surface area (Å²) in [5, 5.41) is 6.04. The molecule has 4 rings (SSSR count). The maximum Gasteiger partial charge on any atom is 0.227 e. The molecule has 124 valence electrons. The van der Waals surface area contributed by atoms with E-state index in [1.807, 2.05) is 29.6 Å². The van der Waals surface area contributed by atoms with Gasteiger partial charge in [-0.25, -0.2) is 0 Å². The Morgan fingerprint density at radius 3 is 2.92 bits per heavy atom. The molecule has 0 N–H and O–H groups in total. The molecule has 0 radical (unpaired) electrons. The third kappa shape index (κ3) is 3.57. The highest BCUT2D eigenvalue weighted by molar-refractivity contribution is 7.99. The van der Waals surface area contributed by atoms with E-state index in [4.69, 9.17) is 14.0 Å². The highest BCUT2D eigenvalue weighted by Crippen LogP contribution is 2.34. The van der Waals surface area contributed by atoms with Crippen LogP contribution in [0, 0.1) is 0 Å². The Hall–Kier alpha value is -1.99. The van der Waals surface area contributed by atoms with Crippen LogP contribution in [0.3, 0.4) is 0 Å². The zero-order chi connectivity index (χ0) is 16.2. The molecule has 0 atom stereocenters. The van der Waals surface area contributed by atoms with Crippen LogP contribution in [0.15, 0.2) is 45.1 Å². The molecule has 0 unspecified atom stereocenters. The maximum atomic E-state index is 5.61. The predicted octanol–water partition coefficient (Wildman–Crippen LogP) is 4.29. The SMILES string of the molecule is c1csc(-c2noc(CCCSc3ccc4c(c3)OCCO4)n2)c1. The molecule has 0 saturated carbocycles. The molecule has 1 aliphatic heterocycles. The summed E-state index contributed by atoms with van der Waals surface area (Å²) in [6.07, 6.45) is 1.76. The number of rotatable bonds is 6. The van der Waals surface area contributed by atoms with Gasteiger partial charge in [0.1, 0.15) is 13.2 Å². The Morgan fingerprint density at radius 1 is 1.12 bits per heavy atom. The van der Waals surface area contributed by atoms with Crippen molar-refractivity contribution in [3.63, 3.8) is 0 Å². The topological polar surface area (TPSA) is 57.4 Å². The standard InChI is InChI=1S/C17H16N2O3S2/c1-3-15(24-10-1)17-18-16(22-19-17)4-2-9-23-12-5-6-13-14(11-12)21-8-7-20-13/h1,3,5-6,10-11H,2,4,7-9H2. The van der Waals surface area contributed by atoms with Crippen LogP contribution in [0.4, 0.5) is 0 Å². The van der Waals surface area contributed by atoms with Crippen molar-refractivity contribution < 1.29 is 14.0 Å². The number of fused-ring (bicyclic) bond motifs is 1. The van der Waals surface area contributed by atoms with Crippen LogP contribution >= 0.6 is 23.1 Å². The Labute approximate surface area is 148 Å². The van der Waals surface area contributed by atoms with Gasteiger partial charge >= 0.3 is 0 Å². The van der Waals surface area contributed by atoms with Gasteiger partial charge in [-0.1, -0.05) is 11.2 Å². The van der Waals surface area contributed by atoms with E-state index < -0.39 is 0 Å². The largest absolute Gasteiger partial charge is 0.486 e. The van der Waals surface area contributed by atoms with Crippen molar-refractivity contribution in [3.05, 3.63) is 41.6 Å². The summed E-state index contributed by atoms with van der Waals surface area (Å²) in [7, 11) is 0. The summed E-state index contributed by atoms with van der Waals surface area (Å²) in [5.74, 6) is 4.03. The second-order valence-corrected chi connectivity index (χ2v) is 7.36. The number of thiophene rings is 1. The quantitative estimate of drug-likeness (QED) is 0.483. The zero-order valence-corrected chi connectivity index (χ0v) is 14.6. The molecule has 0 saturated heterocycles. The highest BCUT2D eigenvalue weighted by atomic mass is 32.2. The van der Waals surface area contributed by atoms with Crippen LogP contribution in [-0.2, 0) is 6.42 Å². The Morgan fingerprint density at radius 2 is 2.04 bits per heavy atom. The lowest BCUT2D eigenvalue weighted by Crippen LogP contribution is -2.15. The first-order valence-electron chi connectivity index (χ1n) is 7.77. The molecule has 7 heteroatoms. The molecule has 2 aromatic heterocycles. The summed E-state index contributed by atoms with van der Waals surface area (Å²) < 4.78 is 16.5. The fourth-order valence-corrected chi connectivity index (χ4v) is 3.92. The molecule has 0 aliphatic carbocycles. The molecule has 24 heavy (non-hydrogen) atoms. The fraction of sp³-hybridized carbons (Fsp3) is 0.294. The van der Waals surface area contributed by atoms with Gasteiger partial charge in [-0.3, -0.25) is 0 Å². The van der Waals surface area contributed by atoms with Gasteiger partial charge < -0.3 is 14.0 Å². The van der Waals surface area contributed by atoms with E-state index in [0.717, 1.165) is 35.0 Å². The first kappa shape index (κ1) is 15.5. The molecule has 1 aromatic carbocycles. The normalized spacial score (nSPS) is 13.2. The van der Waals surface area contributed by atoms with E-state index in [1.54, 1.807) is 23.1 Å². The predicted molar refractivity (Wildman–Crippen MR) is 94.1 cm³/mol. The lowest BCUT2D eigenvalue weighted by atomic mass is 10.3. The summed E-state index contributed by atoms with van der Waals surface area (Å²) in [6.45, 7) is 1.24. The lowest BCUT2D eigenvalue weighted by Gasteiger charge is -2.18. The number of aryl methyl sites for hydroxylation is 1. The number of benzene rings is 1. The van der Waals surface area contributed by atoms with Crippen molar-refractivity contribution in [1.29, 1.82) is 0 Å². The number of hydrogen-bond donors (Lipinski definition) is 0. The van der Waals surface area contributed by atoms with E-state index in [1.165, 1.54) is 4.90 Å². The third-order valence-corrected chi connectivity index (χ3v) is 5.47. The molecule has 0 fully saturated rings. The molecule has 3 heterocycles. The van der Waals surface area contributed by atoms with E-state index >= 15 is 0 Å². The first-order valence-corrected chi connectivity index (χ1v) is 9.64. The lowest BCUT2D eigenvalue weighted by molar-refractivity contribution is 0.171. The minimum absolute atomic E-state index is 0.616. The molecule has 0 amide bonds. The minimum Gasteiger partial charge on any atom is -0.486 e. The van der Waals surface area contributed by atoms with Gasteiger partial charge in [0.2, 0.25) is 11.7 Å². The van der Waals surface area contributed by atoms with Gasteiger partial charge in [0.15, 0.2) is 11.5 Å². The van der Waals surface area contributed by atoms with Crippen molar-refractivity contribution in [3.8, 4) is 22.2 Å². The van der Waals surface area contributed by atoms with Crippen molar-refractivity contribution in [1.82, 2.24) is 10.1 Å². The van der Waals surface area contributed by atoms with Crippen LogP contribution in [-0.4, -0.2) is 29.1 Å². The van der Waals surface area contributed by atoms with Gasteiger partial charge in [-0.2, -0.15) is 4.98 Å². The smallest absolute Gasteiger partial charge is 0.227 e. The molecule has 3 aromatic rings. The maximum absolute atomic E-state index is 5.61. The monoisotopic (exact) mass is 360 g/mol. The number of aromatic nitrogens is 2. The summed E-state index contributed by atoms with van der Waals surface area (Å²) in [4.78, 5) is 6.66. The third-order valence-electron chi connectivity index (χ3n) is 3.53. The molecule has 1 aliphatic rings. The summed E-state index contributed by atoms with van der Waals surface area (Å²) in [6, 6.07) is 10.1. The number of hydrogen-bond acceptors (Lipinski definition) is 7. The minimum atomic E-state index is 0.616. The van der Waals surface area contributed by atoms with Crippen LogP contribution < -0.4 is 9.47 Å². The Kier molecular flexibility index (Phi) is 4.71.